The fourth-order valence-electron chi connectivity index (χ4n) is 5.66. The number of anilines is 1. The van der Waals surface area contributed by atoms with Crippen molar-refractivity contribution in [1.82, 2.24) is 14.7 Å². The molecule has 47 heavy (non-hydrogen) atoms. The van der Waals surface area contributed by atoms with E-state index in [1.54, 1.807) is 41.6 Å². The molecule has 0 saturated carbocycles. The zero-order valence-electron chi connectivity index (χ0n) is 25.9. The first-order valence-electron chi connectivity index (χ1n) is 15.5. The molecule has 1 fully saturated rings. The smallest absolute Gasteiger partial charge is 0.255 e. The molecular formula is C35H37ClFN5O4S. The zero-order valence-corrected chi connectivity index (χ0v) is 27.5. The first kappa shape index (κ1) is 32.9. The number of likely N-dealkylation sites (N-methyl/N-ethyl adjacent to an activating group) is 1. The second-order valence-electron chi connectivity index (χ2n) is 11.4. The molecule has 0 radical (unpaired) electrons. The summed E-state index contributed by atoms with van der Waals surface area (Å²) in [5, 5.41) is 28.2. The van der Waals surface area contributed by atoms with Gasteiger partial charge in [0.25, 0.3) is 5.91 Å². The lowest BCUT2D eigenvalue weighted by molar-refractivity contribution is -0.144. The number of rotatable bonds is 11. The lowest BCUT2D eigenvalue weighted by atomic mass is 10.1. The molecule has 3 heterocycles. The SMILES string of the molecule is CCN1CCN(C(=O)[C@H](O)[C@H](O)S2=C3C(=C(Nc4ccc(OCc5cccc(F)c5)c(Cl)c4)N=CN3Cc3ccccc3)C=C2)CC1. The first-order chi connectivity index (χ1) is 22.8. The Balaban J connectivity index is 1.24. The molecule has 3 aromatic rings. The molecule has 3 aromatic carbocycles. The molecule has 9 nitrogen and oxygen atoms in total. The Morgan fingerprint density at radius 3 is 2.53 bits per heavy atom. The summed E-state index contributed by atoms with van der Waals surface area (Å²) < 4.78 is 19.4. The highest BCUT2D eigenvalue weighted by molar-refractivity contribution is 8.19. The minimum Gasteiger partial charge on any atom is -0.487 e. The number of nitrogens with zero attached hydrogens (tertiary/aromatic N) is 4. The molecule has 12 heteroatoms. The van der Waals surface area contributed by atoms with E-state index < -0.39 is 27.9 Å². The van der Waals surface area contributed by atoms with E-state index >= 15 is 0 Å². The van der Waals surface area contributed by atoms with Crippen LogP contribution in [0.3, 0.4) is 0 Å². The summed E-state index contributed by atoms with van der Waals surface area (Å²) in [7, 11) is -1.02. The van der Waals surface area contributed by atoms with Gasteiger partial charge in [0, 0.05) is 44.0 Å². The van der Waals surface area contributed by atoms with Crippen LogP contribution in [0.2, 0.25) is 5.02 Å². The molecule has 3 N–H and O–H groups in total. The average molecular weight is 678 g/mol. The molecule has 1 unspecified atom stereocenters. The van der Waals surface area contributed by atoms with Gasteiger partial charge in [-0.2, -0.15) is 0 Å². The van der Waals surface area contributed by atoms with Crippen molar-refractivity contribution in [2.75, 3.05) is 38.0 Å². The second-order valence-corrected chi connectivity index (χ2v) is 13.7. The van der Waals surface area contributed by atoms with E-state index in [1.807, 2.05) is 46.7 Å². The molecule has 0 aliphatic carbocycles. The van der Waals surface area contributed by atoms with Gasteiger partial charge in [0.15, 0.2) is 6.10 Å². The number of nitrogens with one attached hydrogen (secondary N) is 1. The fraction of sp³-hybridized carbons (Fsp3) is 0.286. The van der Waals surface area contributed by atoms with Crippen LogP contribution >= 0.6 is 22.1 Å². The number of hydrogen-bond acceptors (Lipinski definition) is 8. The third-order valence-electron chi connectivity index (χ3n) is 8.27. The number of benzene rings is 3. The zero-order chi connectivity index (χ0) is 32.9. The predicted molar refractivity (Wildman–Crippen MR) is 186 cm³/mol. The Kier molecular flexibility index (Phi) is 10.4. The molecular weight excluding hydrogens is 641 g/mol. The van der Waals surface area contributed by atoms with Gasteiger partial charge in [-0.15, -0.1) is 10.5 Å². The predicted octanol–water partition coefficient (Wildman–Crippen LogP) is 5.00. The van der Waals surface area contributed by atoms with Crippen molar-refractivity contribution >= 4 is 45.0 Å². The molecule has 1 amide bonds. The third-order valence-corrected chi connectivity index (χ3v) is 10.7. The summed E-state index contributed by atoms with van der Waals surface area (Å²) in [4.78, 5) is 24.6. The maximum absolute atomic E-state index is 13.6. The molecule has 3 atom stereocenters. The monoisotopic (exact) mass is 677 g/mol. The Labute approximate surface area is 281 Å². The van der Waals surface area contributed by atoms with Crippen molar-refractivity contribution in [2.24, 2.45) is 4.99 Å². The minimum absolute atomic E-state index is 0.165. The topological polar surface area (TPSA) is 101 Å². The van der Waals surface area contributed by atoms with Crippen LogP contribution in [0.4, 0.5) is 10.1 Å². The van der Waals surface area contributed by atoms with Crippen LogP contribution in [0, 0.1) is 5.82 Å². The highest BCUT2D eigenvalue weighted by atomic mass is 35.5. The van der Waals surface area contributed by atoms with Crippen molar-refractivity contribution in [2.45, 2.75) is 31.6 Å². The summed E-state index contributed by atoms with van der Waals surface area (Å²) in [5.74, 6) is 0.191. The number of hydrogen-bond donors (Lipinski definition) is 3. The number of carbonyl (C=O) groups excluding carboxylic acids is 1. The molecule has 3 aliphatic heterocycles. The molecule has 3 aliphatic rings. The van der Waals surface area contributed by atoms with Gasteiger partial charge in [-0.3, -0.25) is 4.79 Å². The van der Waals surface area contributed by atoms with Crippen LogP contribution in [0.5, 0.6) is 5.75 Å². The quantitative estimate of drug-likeness (QED) is 0.246. The lowest BCUT2D eigenvalue weighted by Gasteiger charge is -2.36. The van der Waals surface area contributed by atoms with E-state index in [0.29, 0.717) is 47.5 Å². The van der Waals surface area contributed by atoms with E-state index in [1.165, 1.54) is 12.1 Å². The highest BCUT2D eigenvalue weighted by Gasteiger charge is 2.36. The van der Waals surface area contributed by atoms with Crippen molar-refractivity contribution in [3.8, 4) is 5.75 Å². The van der Waals surface area contributed by atoms with Crippen molar-refractivity contribution < 1.29 is 24.1 Å². The van der Waals surface area contributed by atoms with Crippen molar-refractivity contribution in [3.05, 3.63) is 118 Å². The number of piperazine rings is 1. The molecule has 0 spiro atoms. The van der Waals surface area contributed by atoms with Gasteiger partial charge >= 0.3 is 0 Å². The van der Waals surface area contributed by atoms with Gasteiger partial charge in [-0.1, -0.05) is 61.0 Å². The Hall–Kier alpha value is -4.00. The lowest BCUT2D eigenvalue weighted by Crippen LogP contribution is -2.53. The number of halogens is 2. The number of aliphatic imine (C=N–C) groups is 1. The molecule has 6 rings (SSSR count). The van der Waals surface area contributed by atoms with E-state index in [9.17, 15) is 19.4 Å². The number of aliphatic hydroxyl groups excluding tert-OH is 2. The van der Waals surface area contributed by atoms with E-state index in [0.717, 1.165) is 35.8 Å². The van der Waals surface area contributed by atoms with Gasteiger partial charge in [0.05, 0.1) is 16.3 Å². The standard InChI is InChI=1S/C35H37ClFN5O4S/c1-2-40-14-16-41(17-15-40)33(44)31(43)35(45)47-18-13-28-32(38-23-42(34(28)47)21-24-7-4-3-5-8-24)39-27-11-12-30(29(36)20-27)46-22-25-9-6-10-26(37)19-25/h3-13,18-20,23,31,35,39,43,45H,2,14-17,21-22H2,1H3/t31-,35+,47?/m0/s1. The minimum atomic E-state index is -1.57. The third kappa shape index (κ3) is 7.61. The fourth-order valence-corrected chi connectivity index (χ4v) is 7.90. The second kappa shape index (κ2) is 14.8. The molecule has 0 bridgehead atoms. The first-order valence-corrected chi connectivity index (χ1v) is 17.2. The van der Waals surface area contributed by atoms with Crippen LogP contribution in [-0.4, -0.2) is 86.4 Å². The summed E-state index contributed by atoms with van der Waals surface area (Å²) in [6.07, 6.45) is 1.99. The van der Waals surface area contributed by atoms with Gasteiger partial charge in [0.2, 0.25) is 0 Å². The Bertz CT molecular complexity index is 1740. The normalized spacial score (nSPS) is 19.2. The largest absolute Gasteiger partial charge is 0.487 e. The van der Waals surface area contributed by atoms with Crippen molar-refractivity contribution in [1.29, 1.82) is 0 Å². The van der Waals surface area contributed by atoms with E-state index in [4.69, 9.17) is 21.3 Å². The number of ether oxygens (including phenoxy) is 1. The summed E-state index contributed by atoms with van der Waals surface area (Å²) >= 11 is 6.56. The summed E-state index contributed by atoms with van der Waals surface area (Å²) in [6, 6.07) is 21.3. The van der Waals surface area contributed by atoms with Crippen LogP contribution < -0.4 is 10.1 Å². The number of carbonyl (C=O) groups is 1. The Morgan fingerprint density at radius 1 is 1.04 bits per heavy atom. The van der Waals surface area contributed by atoms with Crippen LogP contribution in [-0.2, 0) is 17.9 Å². The summed E-state index contributed by atoms with van der Waals surface area (Å²) in [6.45, 7) is 6.14. The summed E-state index contributed by atoms with van der Waals surface area (Å²) in [5.41, 5.74) is 1.78. The van der Waals surface area contributed by atoms with Crippen molar-refractivity contribution in [3.63, 3.8) is 0 Å². The number of amides is 1. The van der Waals surface area contributed by atoms with E-state index in [2.05, 4.69) is 17.1 Å². The van der Waals surface area contributed by atoms with Gasteiger partial charge in [-0.05, 0) is 59.5 Å². The van der Waals surface area contributed by atoms with Gasteiger partial charge < -0.3 is 35.0 Å². The van der Waals surface area contributed by atoms with E-state index in [-0.39, 0.29) is 12.4 Å². The van der Waals surface area contributed by atoms with Gasteiger partial charge in [0.1, 0.15) is 29.4 Å². The number of fused-ring (bicyclic) bond motifs is 1. The maximum Gasteiger partial charge on any atom is 0.255 e. The Morgan fingerprint density at radius 2 is 1.81 bits per heavy atom. The number of aliphatic hydroxyl groups is 2. The molecule has 246 valence electrons. The van der Waals surface area contributed by atoms with Crippen LogP contribution in [0.15, 0.2) is 101 Å². The average Bonchev–Trinajstić information content (AvgIpc) is 3.55. The molecule has 1 saturated heterocycles. The van der Waals surface area contributed by atoms with Gasteiger partial charge in [-0.25, -0.2) is 9.38 Å². The van der Waals surface area contributed by atoms with Crippen LogP contribution in [0.1, 0.15) is 18.1 Å². The maximum atomic E-state index is 13.6. The molecule has 0 aromatic heterocycles. The highest BCUT2D eigenvalue weighted by Crippen LogP contribution is 2.39. The van der Waals surface area contributed by atoms with Crippen LogP contribution in [0.25, 0.3) is 0 Å².